The summed E-state index contributed by atoms with van der Waals surface area (Å²) >= 11 is 1.45. The van der Waals surface area contributed by atoms with Crippen molar-refractivity contribution in [2.75, 3.05) is 0 Å². The lowest BCUT2D eigenvalue weighted by atomic mass is 10.0. The van der Waals surface area contributed by atoms with Crippen molar-refractivity contribution in [1.82, 2.24) is 14.9 Å². The number of hydrogen-bond acceptors (Lipinski definition) is 4. The fourth-order valence-corrected chi connectivity index (χ4v) is 4.21. The Morgan fingerprint density at radius 1 is 1.16 bits per heavy atom. The third kappa shape index (κ3) is 4.11. The molecule has 0 aliphatic carbocycles. The number of aryl methyl sites for hydroxylation is 1. The number of rotatable bonds is 5. The Kier molecular flexibility index (Phi) is 5.65. The molecule has 1 N–H and O–H groups in total. The first-order valence-corrected chi connectivity index (χ1v) is 10.5. The van der Waals surface area contributed by atoms with E-state index in [-0.39, 0.29) is 29.4 Å². The van der Waals surface area contributed by atoms with Gasteiger partial charge in [-0.05, 0) is 37.6 Å². The molecule has 0 spiro atoms. The second-order valence-corrected chi connectivity index (χ2v) is 8.25. The average Bonchev–Trinajstić information content (AvgIpc) is 3.14. The van der Waals surface area contributed by atoms with Gasteiger partial charge in [0.2, 0.25) is 0 Å². The summed E-state index contributed by atoms with van der Waals surface area (Å²) in [7, 11) is 0. The van der Waals surface area contributed by atoms with Crippen LogP contribution in [0.2, 0.25) is 0 Å². The first-order valence-electron chi connectivity index (χ1n) is 9.60. The first-order chi connectivity index (χ1) is 14.8. The molecular formula is C23H19F2N3O2S. The van der Waals surface area contributed by atoms with E-state index in [1.54, 1.807) is 25.1 Å². The average molecular weight is 439 g/mol. The number of pyridine rings is 1. The highest BCUT2D eigenvalue weighted by Crippen LogP contribution is 2.23. The number of nitrogens with one attached hydrogen (secondary N) is 1. The standard InChI is InChI=1S/C23H19F2N3O2S/c1-13-20(22(29)26-10-15-5-3-6-16(24)9-15)18-7-4-8-19(25)21(18)23(30)28(13)11-17-12-31-14(2)27-17/h3-9,12H,10-11H2,1-2H3,(H,26,29). The molecule has 2 aromatic heterocycles. The molecule has 2 heterocycles. The molecule has 158 valence electrons. The Balaban J connectivity index is 1.80. The summed E-state index contributed by atoms with van der Waals surface area (Å²) in [5, 5.41) is 5.53. The largest absolute Gasteiger partial charge is 0.348 e. The predicted molar refractivity (Wildman–Crippen MR) is 116 cm³/mol. The van der Waals surface area contributed by atoms with Crippen molar-refractivity contribution in [2.24, 2.45) is 0 Å². The van der Waals surface area contributed by atoms with E-state index in [4.69, 9.17) is 0 Å². The van der Waals surface area contributed by atoms with Gasteiger partial charge in [-0.15, -0.1) is 11.3 Å². The molecule has 0 bridgehead atoms. The van der Waals surface area contributed by atoms with Crippen molar-refractivity contribution in [3.05, 3.63) is 97.4 Å². The molecule has 2 aromatic carbocycles. The molecule has 0 radical (unpaired) electrons. The zero-order valence-corrected chi connectivity index (χ0v) is 17.7. The van der Waals surface area contributed by atoms with Crippen LogP contribution in [-0.2, 0) is 13.1 Å². The zero-order chi connectivity index (χ0) is 22.1. The summed E-state index contributed by atoms with van der Waals surface area (Å²) in [6.45, 7) is 3.73. The number of fused-ring (bicyclic) bond motifs is 1. The van der Waals surface area contributed by atoms with E-state index in [1.165, 1.54) is 40.2 Å². The summed E-state index contributed by atoms with van der Waals surface area (Å²) in [6.07, 6.45) is 0. The number of carbonyl (C=O) groups excluding carboxylic acids is 1. The molecule has 0 saturated heterocycles. The highest BCUT2D eigenvalue weighted by Gasteiger charge is 2.22. The molecule has 4 aromatic rings. The van der Waals surface area contributed by atoms with Gasteiger partial charge in [0, 0.05) is 23.0 Å². The van der Waals surface area contributed by atoms with Gasteiger partial charge in [0.25, 0.3) is 11.5 Å². The van der Waals surface area contributed by atoms with Crippen LogP contribution in [0.1, 0.15) is 32.3 Å². The number of aromatic nitrogens is 2. The topological polar surface area (TPSA) is 64.0 Å². The normalized spacial score (nSPS) is 11.1. The number of amides is 1. The predicted octanol–water partition coefficient (Wildman–Crippen LogP) is 4.33. The maximum absolute atomic E-state index is 14.6. The maximum atomic E-state index is 14.6. The number of nitrogens with zero attached hydrogens (tertiary/aromatic N) is 2. The number of hydrogen-bond donors (Lipinski definition) is 1. The molecular weight excluding hydrogens is 420 g/mol. The van der Waals surface area contributed by atoms with Crippen LogP contribution in [0.5, 0.6) is 0 Å². The van der Waals surface area contributed by atoms with Crippen LogP contribution in [0, 0.1) is 25.5 Å². The quantitative estimate of drug-likeness (QED) is 0.503. The first kappa shape index (κ1) is 20.9. The van der Waals surface area contributed by atoms with E-state index < -0.39 is 23.1 Å². The van der Waals surface area contributed by atoms with E-state index in [0.717, 1.165) is 5.01 Å². The molecule has 1 amide bonds. The van der Waals surface area contributed by atoms with Gasteiger partial charge in [0.15, 0.2) is 0 Å². The second kappa shape index (κ2) is 8.39. The van der Waals surface area contributed by atoms with Crippen LogP contribution in [0.15, 0.2) is 52.6 Å². The fraction of sp³-hybridized carbons (Fsp3) is 0.174. The monoisotopic (exact) mass is 439 g/mol. The summed E-state index contributed by atoms with van der Waals surface area (Å²) in [4.78, 5) is 30.6. The Morgan fingerprint density at radius 3 is 2.65 bits per heavy atom. The number of thiazole rings is 1. The summed E-state index contributed by atoms with van der Waals surface area (Å²) < 4.78 is 29.5. The maximum Gasteiger partial charge on any atom is 0.262 e. The molecule has 5 nitrogen and oxygen atoms in total. The Morgan fingerprint density at radius 2 is 1.94 bits per heavy atom. The van der Waals surface area contributed by atoms with Gasteiger partial charge in [-0.2, -0.15) is 0 Å². The van der Waals surface area contributed by atoms with Crippen LogP contribution < -0.4 is 10.9 Å². The number of carbonyl (C=O) groups is 1. The summed E-state index contributed by atoms with van der Waals surface area (Å²) in [5.41, 5.74) is 1.35. The van der Waals surface area contributed by atoms with Crippen molar-refractivity contribution in [2.45, 2.75) is 26.9 Å². The second-order valence-electron chi connectivity index (χ2n) is 7.18. The molecule has 4 rings (SSSR count). The minimum absolute atomic E-state index is 0.0945. The number of halogens is 2. The Bertz CT molecular complexity index is 1360. The fourth-order valence-electron chi connectivity index (χ4n) is 3.60. The van der Waals surface area contributed by atoms with Crippen molar-refractivity contribution >= 4 is 28.0 Å². The minimum Gasteiger partial charge on any atom is -0.348 e. The van der Waals surface area contributed by atoms with E-state index in [0.29, 0.717) is 17.0 Å². The van der Waals surface area contributed by atoms with Crippen molar-refractivity contribution in [1.29, 1.82) is 0 Å². The number of benzene rings is 2. The minimum atomic E-state index is -0.690. The van der Waals surface area contributed by atoms with Gasteiger partial charge >= 0.3 is 0 Å². The summed E-state index contributed by atoms with van der Waals surface area (Å²) in [5.74, 6) is -1.56. The SMILES string of the molecule is Cc1nc(Cn2c(C)c(C(=O)NCc3cccc(F)c3)c3cccc(F)c3c2=O)cs1. The van der Waals surface area contributed by atoms with E-state index in [1.807, 2.05) is 12.3 Å². The lowest BCUT2D eigenvalue weighted by molar-refractivity contribution is 0.0951. The van der Waals surface area contributed by atoms with Gasteiger partial charge in [-0.1, -0.05) is 24.3 Å². The van der Waals surface area contributed by atoms with Crippen LogP contribution in [0.25, 0.3) is 10.8 Å². The third-order valence-electron chi connectivity index (χ3n) is 5.06. The molecule has 0 atom stereocenters. The lowest BCUT2D eigenvalue weighted by Gasteiger charge is -2.17. The van der Waals surface area contributed by atoms with E-state index in [9.17, 15) is 18.4 Å². The Hall–Kier alpha value is -3.39. The van der Waals surface area contributed by atoms with Gasteiger partial charge in [0.05, 0.1) is 28.2 Å². The molecule has 8 heteroatoms. The van der Waals surface area contributed by atoms with Crippen LogP contribution in [-0.4, -0.2) is 15.5 Å². The van der Waals surface area contributed by atoms with Crippen molar-refractivity contribution < 1.29 is 13.6 Å². The van der Waals surface area contributed by atoms with Gasteiger partial charge in [-0.3, -0.25) is 9.59 Å². The van der Waals surface area contributed by atoms with Gasteiger partial charge < -0.3 is 9.88 Å². The summed E-state index contributed by atoms with van der Waals surface area (Å²) in [6, 6.07) is 10.1. The van der Waals surface area contributed by atoms with Crippen molar-refractivity contribution in [3.63, 3.8) is 0 Å². The molecule has 0 aliphatic rings. The lowest BCUT2D eigenvalue weighted by Crippen LogP contribution is -2.31. The highest BCUT2D eigenvalue weighted by atomic mass is 32.1. The molecule has 0 fully saturated rings. The third-order valence-corrected chi connectivity index (χ3v) is 5.89. The molecule has 0 saturated carbocycles. The van der Waals surface area contributed by atoms with Crippen LogP contribution in [0.4, 0.5) is 8.78 Å². The van der Waals surface area contributed by atoms with Crippen molar-refractivity contribution in [3.8, 4) is 0 Å². The van der Waals surface area contributed by atoms with E-state index in [2.05, 4.69) is 10.3 Å². The molecule has 0 aliphatic heterocycles. The highest BCUT2D eigenvalue weighted by molar-refractivity contribution is 7.09. The molecule has 31 heavy (non-hydrogen) atoms. The van der Waals surface area contributed by atoms with Crippen LogP contribution >= 0.6 is 11.3 Å². The smallest absolute Gasteiger partial charge is 0.262 e. The van der Waals surface area contributed by atoms with Crippen LogP contribution in [0.3, 0.4) is 0 Å². The Labute approximate surface area is 181 Å². The van der Waals surface area contributed by atoms with Gasteiger partial charge in [0.1, 0.15) is 11.6 Å². The zero-order valence-electron chi connectivity index (χ0n) is 16.9. The van der Waals surface area contributed by atoms with E-state index >= 15 is 0 Å². The molecule has 0 unspecified atom stereocenters. The van der Waals surface area contributed by atoms with Gasteiger partial charge in [-0.25, -0.2) is 13.8 Å².